The van der Waals surface area contributed by atoms with Gasteiger partial charge in [-0.1, -0.05) is 12.2 Å². The van der Waals surface area contributed by atoms with E-state index in [0.29, 0.717) is 39.5 Å². The second-order valence-corrected chi connectivity index (χ2v) is 5.03. The van der Waals surface area contributed by atoms with Gasteiger partial charge in [0, 0.05) is 33.2 Å². The third-order valence-electron chi connectivity index (χ3n) is 3.04. The van der Waals surface area contributed by atoms with Crippen molar-refractivity contribution < 1.29 is 19.1 Å². The topological polar surface area (TPSA) is 67.9 Å². The molecule has 1 atom stereocenters. The van der Waals surface area contributed by atoms with E-state index in [9.17, 15) is 9.59 Å². The van der Waals surface area contributed by atoms with E-state index in [1.165, 1.54) is 0 Å². The Morgan fingerprint density at radius 3 is 2.90 bits per heavy atom. The first-order valence-electron chi connectivity index (χ1n) is 6.81. The number of hydrogen-bond donors (Lipinski definition) is 1. The number of rotatable bonds is 9. The Labute approximate surface area is 120 Å². The van der Waals surface area contributed by atoms with Gasteiger partial charge in [0.25, 0.3) is 0 Å². The molecule has 0 aromatic heterocycles. The second kappa shape index (κ2) is 8.71. The minimum absolute atomic E-state index is 0.0146. The molecule has 1 rings (SSSR count). The Morgan fingerprint density at radius 1 is 1.50 bits per heavy atom. The van der Waals surface area contributed by atoms with Gasteiger partial charge in [-0.15, -0.1) is 0 Å². The number of likely N-dealkylation sites (tertiary alicyclic amines) is 1. The number of nitrogens with zero attached hydrogens (tertiary/aromatic N) is 1. The number of carbonyl (C=O) groups excluding carboxylic acids is 2. The Balaban J connectivity index is 2.20. The molecule has 6 heteroatoms. The lowest BCUT2D eigenvalue weighted by Crippen LogP contribution is -2.35. The highest BCUT2D eigenvalue weighted by molar-refractivity contribution is 5.89. The van der Waals surface area contributed by atoms with Crippen LogP contribution >= 0.6 is 0 Å². The molecule has 0 aliphatic carbocycles. The van der Waals surface area contributed by atoms with Crippen LogP contribution < -0.4 is 5.32 Å². The molecule has 0 bridgehead atoms. The number of nitrogens with one attached hydrogen (secondary N) is 1. The van der Waals surface area contributed by atoms with Crippen LogP contribution in [0.3, 0.4) is 0 Å². The zero-order valence-electron chi connectivity index (χ0n) is 12.3. The molecule has 2 amide bonds. The van der Waals surface area contributed by atoms with Gasteiger partial charge in [-0.3, -0.25) is 9.59 Å². The molecule has 0 radical (unpaired) electrons. The second-order valence-electron chi connectivity index (χ2n) is 5.03. The van der Waals surface area contributed by atoms with Crippen molar-refractivity contribution in [2.45, 2.75) is 13.3 Å². The molecule has 0 aromatic rings. The van der Waals surface area contributed by atoms with Crippen LogP contribution in [0.25, 0.3) is 0 Å². The highest BCUT2D eigenvalue weighted by Gasteiger charge is 2.33. The molecule has 6 nitrogen and oxygen atoms in total. The van der Waals surface area contributed by atoms with E-state index in [1.807, 2.05) is 6.92 Å². The van der Waals surface area contributed by atoms with Gasteiger partial charge < -0.3 is 19.7 Å². The van der Waals surface area contributed by atoms with Gasteiger partial charge in [-0.2, -0.15) is 0 Å². The fourth-order valence-electron chi connectivity index (χ4n) is 2.00. The lowest BCUT2D eigenvalue weighted by molar-refractivity contribution is -0.129. The van der Waals surface area contributed by atoms with E-state index in [-0.39, 0.29) is 24.2 Å². The Morgan fingerprint density at radius 2 is 2.25 bits per heavy atom. The van der Waals surface area contributed by atoms with Crippen LogP contribution in [0.15, 0.2) is 12.2 Å². The normalized spacial score (nSPS) is 18.4. The summed E-state index contributed by atoms with van der Waals surface area (Å²) < 4.78 is 10.2. The molecule has 1 aliphatic heterocycles. The van der Waals surface area contributed by atoms with Gasteiger partial charge in [-0.25, -0.2) is 0 Å². The summed E-state index contributed by atoms with van der Waals surface area (Å²) in [6.07, 6.45) is 0.280. The quantitative estimate of drug-likeness (QED) is 0.485. The number of carbonyl (C=O) groups is 2. The highest BCUT2D eigenvalue weighted by atomic mass is 16.5. The van der Waals surface area contributed by atoms with Gasteiger partial charge in [0.15, 0.2) is 0 Å². The maximum absolute atomic E-state index is 11.9. The summed E-state index contributed by atoms with van der Waals surface area (Å²) in [5.74, 6) is -0.335. The van der Waals surface area contributed by atoms with E-state index in [4.69, 9.17) is 9.47 Å². The Bertz CT molecular complexity index is 357. The molecular weight excluding hydrogens is 260 g/mol. The van der Waals surface area contributed by atoms with Crippen molar-refractivity contribution in [3.8, 4) is 0 Å². The Hall–Kier alpha value is -1.40. The summed E-state index contributed by atoms with van der Waals surface area (Å²) in [6.45, 7) is 8.53. The number of methoxy groups -OCH3 is 1. The van der Waals surface area contributed by atoms with Crippen molar-refractivity contribution >= 4 is 11.8 Å². The van der Waals surface area contributed by atoms with E-state index >= 15 is 0 Å². The first-order chi connectivity index (χ1) is 9.54. The molecule has 114 valence electrons. The van der Waals surface area contributed by atoms with Crippen LogP contribution in [0.1, 0.15) is 13.3 Å². The minimum atomic E-state index is -0.263. The maximum Gasteiger partial charge on any atom is 0.225 e. The average molecular weight is 284 g/mol. The minimum Gasteiger partial charge on any atom is -0.383 e. The third kappa shape index (κ3) is 5.71. The Kier molecular flexibility index (Phi) is 7.25. The molecular formula is C14H24N2O4. The predicted octanol–water partition coefficient (Wildman–Crippen LogP) is 0.190. The molecule has 1 heterocycles. The molecule has 1 unspecified atom stereocenters. The van der Waals surface area contributed by atoms with Crippen molar-refractivity contribution in [3.05, 3.63) is 12.2 Å². The first-order valence-corrected chi connectivity index (χ1v) is 6.81. The number of amides is 2. The third-order valence-corrected chi connectivity index (χ3v) is 3.04. The molecule has 1 aliphatic rings. The average Bonchev–Trinajstić information content (AvgIpc) is 2.77. The van der Waals surface area contributed by atoms with Crippen LogP contribution in [0.4, 0.5) is 0 Å². The molecule has 0 saturated carbocycles. The van der Waals surface area contributed by atoms with Gasteiger partial charge in [0.05, 0.1) is 25.7 Å². The number of hydrogen-bond acceptors (Lipinski definition) is 4. The van der Waals surface area contributed by atoms with Gasteiger partial charge in [-0.05, 0) is 6.92 Å². The standard InChI is InChI=1S/C14H24N2O4/c1-11(2)10-20-6-4-15-14(18)12-8-13(17)16(9-12)5-7-19-3/h12H,1,4-10H2,2-3H3,(H,15,18). The van der Waals surface area contributed by atoms with E-state index in [0.717, 1.165) is 5.57 Å². The number of ether oxygens (including phenoxy) is 2. The summed E-state index contributed by atoms with van der Waals surface area (Å²) in [6, 6.07) is 0. The predicted molar refractivity (Wildman–Crippen MR) is 75.2 cm³/mol. The van der Waals surface area contributed by atoms with Gasteiger partial charge >= 0.3 is 0 Å². The van der Waals surface area contributed by atoms with Crippen LogP contribution in [0.5, 0.6) is 0 Å². The zero-order valence-corrected chi connectivity index (χ0v) is 12.3. The van der Waals surface area contributed by atoms with Crippen molar-refractivity contribution in [1.82, 2.24) is 10.2 Å². The summed E-state index contributed by atoms with van der Waals surface area (Å²) in [5, 5.41) is 2.79. The van der Waals surface area contributed by atoms with Crippen molar-refractivity contribution in [1.29, 1.82) is 0 Å². The van der Waals surface area contributed by atoms with E-state index in [1.54, 1.807) is 12.0 Å². The van der Waals surface area contributed by atoms with Crippen LogP contribution in [-0.2, 0) is 19.1 Å². The lowest BCUT2D eigenvalue weighted by Gasteiger charge is -2.15. The van der Waals surface area contributed by atoms with Gasteiger partial charge in [0.1, 0.15) is 0 Å². The lowest BCUT2D eigenvalue weighted by atomic mass is 10.1. The highest BCUT2D eigenvalue weighted by Crippen LogP contribution is 2.17. The van der Waals surface area contributed by atoms with Gasteiger partial charge in [0.2, 0.25) is 11.8 Å². The molecule has 1 N–H and O–H groups in total. The first kappa shape index (κ1) is 16.7. The monoisotopic (exact) mass is 284 g/mol. The van der Waals surface area contributed by atoms with E-state index in [2.05, 4.69) is 11.9 Å². The molecule has 0 spiro atoms. The zero-order chi connectivity index (χ0) is 15.0. The van der Waals surface area contributed by atoms with E-state index < -0.39 is 0 Å². The fraction of sp³-hybridized carbons (Fsp3) is 0.714. The fourth-order valence-corrected chi connectivity index (χ4v) is 2.00. The molecule has 1 saturated heterocycles. The maximum atomic E-state index is 11.9. The van der Waals surface area contributed by atoms with Crippen LogP contribution in [-0.4, -0.2) is 63.3 Å². The van der Waals surface area contributed by atoms with Crippen molar-refractivity contribution in [3.63, 3.8) is 0 Å². The van der Waals surface area contributed by atoms with Crippen molar-refractivity contribution in [2.24, 2.45) is 5.92 Å². The molecule has 0 aromatic carbocycles. The van der Waals surface area contributed by atoms with Crippen LogP contribution in [0, 0.1) is 5.92 Å². The molecule has 20 heavy (non-hydrogen) atoms. The summed E-state index contributed by atoms with van der Waals surface area (Å²) in [5.41, 5.74) is 0.950. The SMILES string of the molecule is C=C(C)COCCNC(=O)C1CC(=O)N(CCOC)C1. The summed E-state index contributed by atoms with van der Waals surface area (Å²) >= 11 is 0. The summed E-state index contributed by atoms with van der Waals surface area (Å²) in [4.78, 5) is 25.3. The summed E-state index contributed by atoms with van der Waals surface area (Å²) in [7, 11) is 1.59. The largest absolute Gasteiger partial charge is 0.383 e. The van der Waals surface area contributed by atoms with Crippen molar-refractivity contribution in [2.75, 3.05) is 46.6 Å². The van der Waals surface area contributed by atoms with Crippen LogP contribution in [0.2, 0.25) is 0 Å². The smallest absolute Gasteiger partial charge is 0.225 e. The molecule has 1 fully saturated rings.